The van der Waals surface area contributed by atoms with Gasteiger partial charge in [0.15, 0.2) is 0 Å². The minimum absolute atomic E-state index is 0.472. The van der Waals surface area contributed by atoms with Crippen molar-refractivity contribution in [1.82, 2.24) is 5.32 Å². The molecule has 0 aromatic heterocycles. The third-order valence-corrected chi connectivity index (χ3v) is 3.52. The largest absolute Gasteiger partial charge is 0.497 e. The molecule has 0 bridgehead atoms. The monoisotopic (exact) mass is 249 g/mol. The number of hydrogen-bond acceptors (Lipinski definition) is 3. The summed E-state index contributed by atoms with van der Waals surface area (Å²) in [6.07, 6.45) is 2.51. The number of methoxy groups -OCH3 is 1. The van der Waals surface area contributed by atoms with Crippen molar-refractivity contribution in [3.05, 3.63) is 29.8 Å². The highest BCUT2D eigenvalue weighted by atomic mass is 16.5. The number of nitrogens with one attached hydrogen (secondary N) is 1. The standard InChI is InChI=1S/C14H19NO3/c1-18-12-4-2-11(3-5-12)6-9-15-10-14(7-8-14)13(16)17/h2-5,15H,6-10H2,1H3,(H,16,17). The van der Waals surface area contributed by atoms with Gasteiger partial charge in [-0.05, 0) is 43.5 Å². The Kier molecular flexibility index (Phi) is 3.87. The van der Waals surface area contributed by atoms with Crippen molar-refractivity contribution >= 4 is 5.97 Å². The van der Waals surface area contributed by atoms with Crippen LogP contribution in [0.1, 0.15) is 18.4 Å². The van der Waals surface area contributed by atoms with Gasteiger partial charge in [-0.25, -0.2) is 0 Å². The number of carbonyl (C=O) groups is 1. The molecule has 1 aromatic rings. The van der Waals surface area contributed by atoms with Gasteiger partial charge in [0.1, 0.15) is 5.75 Å². The van der Waals surface area contributed by atoms with E-state index in [-0.39, 0.29) is 0 Å². The van der Waals surface area contributed by atoms with Gasteiger partial charge < -0.3 is 15.2 Å². The first-order valence-corrected chi connectivity index (χ1v) is 6.23. The van der Waals surface area contributed by atoms with E-state index < -0.39 is 11.4 Å². The predicted molar refractivity (Wildman–Crippen MR) is 68.9 cm³/mol. The molecule has 1 fully saturated rings. The molecule has 98 valence electrons. The van der Waals surface area contributed by atoms with Crippen LogP contribution in [-0.4, -0.2) is 31.3 Å². The van der Waals surface area contributed by atoms with Gasteiger partial charge in [0.25, 0.3) is 0 Å². The molecular weight excluding hydrogens is 230 g/mol. The summed E-state index contributed by atoms with van der Waals surface area (Å²) in [6.45, 7) is 1.39. The molecule has 4 nitrogen and oxygen atoms in total. The Labute approximate surface area is 107 Å². The fourth-order valence-electron chi connectivity index (χ4n) is 1.97. The highest BCUT2D eigenvalue weighted by Crippen LogP contribution is 2.45. The molecule has 1 saturated carbocycles. The van der Waals surface area contributed by atoms with Gasteiger partial charge in [0.2, 0.25) is 0 Å². The molecule has 0 heterocycles. The Hall–Kier alpha value is -1.55. The molecule has 0 unspecified atom stereocenters. The second-order valence-electron chi connectivity index (χ2n) is 4.86. The van der Waals surface area contributed by atoms with E-state index in [0.29, 0.717) is 6.54 Å². The molecule has 0 saturated heterocycles. The van der Waals surface area contributed by atoms with Crippen LogP contribution < -0.4 is 10.1 Å². The zero-order valence-electron chi connectivity index (χ0n) is 10.6. The van der Waals surface area contributed by atoms with E-state index in [1.54, 1.807) is 7.11 Å². The summed E-state index contributed by atoms with van der Waals surface area (Å²) < 4.78 is 5.09. The third kappa shape index (κ3) is 3.01. The zero-order valence-corrected chi connectivity index (χ0v) is 10.6. The first-order chi connectivity index (χ1) is 8.66. The summed E-state index contributed by atoms with van der Waals surface area (Å²) in [7, 11) is 1.65. The second-order valence-corrected chi connectivity index (χ2v) is 4.86. The van der Waals surface area contributed by atoms with Crippen molar-refractivity contribution in [1.29, 1.82) is 0 Å². The number of rotatable bonds is 7. The molecule has 0 aliphatic heterocycles. The Balaban J connectivity index is 1.70. The van der Waals surface area contributed by atoms with Crippen molar-refractivity contribution in [3.63, 3.8) is 0 Å². The number of hydrogen-bond donors (Lipinski definition) is 2. The van der Waals surface area contributed by atoms with Gasteiger partial charge in [0, 0.05) is 6.54 Å². The van der Waals surface area contributed by atoms with Gasteiger partial charge >= 0.3 is 5.97 Å². The van der Waals surface area contributed by atoms with E-state index in [1.165, 1.54) is 5.56 Å². The first kappa shape index (κ1) is 12.9. The van der Waals surface area contributed by atoms with Crippen LogP contribution in [0.3, 0.4) is 0 Å². The topological polar surface area (TPSA) is 58.6 Å². The Bertz CT molecular complexity index is 410. The highest BCUT2D eigenvalue weighted by molar-refractivity contribution is 5.78. The van der Waals surface area contributed by atoms with E-state index in [1.807, 2.05) is 24.3 Å². The van der Waals surface area contributed by atoms with Crippen LogP contribution >= 0.6 is 0 Å². The number of ether oxygens (including phenoxy) is 1. The predicted octanol–water partition coefficient (Wildman–Crippen LogP) is 1.69. The van der Waals surface area contributed by atoms with Crippen molar-refractivity contribution in [2.75, 3.05) is 20.2 Å². The van der Waals surface area contributed by atoms with E-state index in [9.17, 15) is 4.79 Å². The van der Waals surface area contributed by atoms with Gasteiger partial charge in [0.05, 0.1) is 12.5 Å². The molecular formula is C14H19NO3. The van der Waals surface area contributed by atoms with E-state index in [4.69, 9.17) is 9.84 Å². The lowest BCUT2D eigenvalue weighted by atomic mass is 10.1. The van der Waals surface area contributed by atoms with Crippen molar-refractivity contribution in [2.24, 2.45) is 5.41 Å². The average molecular weight is 249 g/mol. The first-order valence-electron chi connectivity index (χ1n) is 6.23. The lowest BCUT2D eigenvalue weighted by Gasteiger charge is -2.11. The maximum atomic E-state index is 11.0. The highest BCUT2D eigenvalue weighted by Gasteiger charge is 2.49. The minimum Gasteiger partial charge on any atom is -0.497 e. The molecule has 0 amide bonds. The normalized spacial score (nSPS) is 16.3. The van der Waals surface area contributed by atoms with Gasteiger partial charge in [-0.3, -0.25) is 4.79 Å². The zero-order chi connectivity index (χ0) is 13.0. The Morgan fingerprint density at radius 2 is 2.06 bits per heavy atom. The van der Waals surface area contributed by atoms with Gasteiger partial charge in [-0.2, -0.15) is 0 Å². The van der Waals surface area contributed by atoms with Crippen molar-refractivity contribution in [2.45, 2.75) is 19.3 Å². The second kappa shape index (κ2) is 5.40. The van der Waals surface area contributed by atoms with Crippen LogP contribution in [0, 0.1) is 5.41 Å². The molecule has 18 heavy (non-hydrogen) atoms. The lowest BCUT2D eigenvalue weighted by molar-refractivity contribution is -0.143. The summed E-state index contributed by atoms with van der Waals surface area (Å²) in [6, 6.07) is 7.94. The third-order valence-electron chi connectivity index (χ3n) is 3.52. The summed E-state index contributed by atoms with van der Waals surface area (Å²) in [4.78, 5) is 11.0. The van der Waals surface area contributed by atoms with Crippen LogP contribution in [0.2, 0.25) is 0 Å². The molecule has 1 aliphatic rings. The van der Waals surface area contributed by atoms with E-state index in [2.05, 4.69) is 5.32 Å². The molecule has 2 N–H and O–H groups in total. The van der Waals surface area contributed by atoms with Crippen LogP contribution in [0.15, 0.2) is 24.3 Å². The van der Waals surface area contributed by atoms with Crippen molar-refractivity contribution in [3.8, 4) is 5.75 Å². The SMILES string of the molecule is COc1ccc(CCNCC2(C(=O)O)CC2)cc1. The summed E-state index contributed by atoms with van der Waals surface area (Å²) in [5.74, 6) is 0.189. The molecule has 0 atom stereocenters. The maximum Gasteiger partial charge on any atom is 0.310 e. The fraction of sp³-hybridized carbons (Fsp3) is 0.500. The Morgan fingerprint density at radius 1 is 1.39 bits per heavy atom. The summed E-state index contributed by atoms with van der Waals surface area (Å²) in [5, 5.41) is 12.3. The number of carboxylic acids is 1. The van der Waals surface area contributed by atoms with Crippen molar-refractivity contribution < 1.29 is 14.6 Å². The van der Waals surface area contributed by atoms with Crippen LogP contribution in [0.25, 0.3) is 0 Å². The summed E-state index contributed by atoms with van der Waals surface area (Å²) in [5.41, 5.74) is 0.753. The van der Waals surface area contributed by atoms with Gasteiger partial charge in [-0.15, -0.1) is 0 Å². The van der Waals surface area contributed by atoms with Crippen LogP contribution in [0.5, 0.6) is 5.75 Å². The molecule has 0 spiro atoms. The van der Waals surface area contributed by atoms with Crippen LogP contribution in [-0.2, 0) is 11.2 Å². The molecule has 4 heteroatoms. The molecule has 1 aromatic carbocycles. The molecule has 2 rings (SSSR count). The minimum atomic E-state index is -0.667. The molecule has 1 aliphatic carbocycles. The smallest absolute Gasteiger partial charge is 0.310 e. The quantitative estimate of drug-likeness (QED) is 0.722. The number of carboxylic acid groups (broad SMARTS) is 1. The van der Waals surface area contributed by atoms with Crippen LogP contribution in [0.4, 0.5) is 0 Å². The lowest BCUT2D eigenvalue weighted by Crippen LogP contribution is -2.31. The average Bonchev–Trinajstić information content (AvgIpc) is 3.17. The Morgan fingerprint density at radius 3 is 2.56 bits per heavy atom. The number of aliphatic carboxylic acids is 1. The maximum absolute atomic E-state index is 11.0. The van der Waals surface area contributed by atoms with E-state index in [0.717, 1.165) is 31.6 Å². The number of benzene rings is 1. The van der Waals surface area contributed by atoms with E-state index >= 15 is 0 Å². The van der Waals surface area contributed by atoms with Gasteiger partial charge in [-0.1, -0.05) is 12.1 Å². The fourth-order valence-corrected chi connectivity index (χ4v) is 1.97. The molecule has 0 radical (unpaired) electrons. The summed E-state index contributed by atoms with van der Waals surface area (Å²) >= 11 is 0.